The summed E-state index contributed by atoms with van der Waals surface area (Å²) >= 11 is 12.6. The van der Waals surface area contributed by atoms with Gasteiger partial charge in [-0.1, -0.05) is 50.9 Å². The highest BCUT2D eigenvalue weighted by Gasteiger charge is 2.23. The molecule has 0 bridgehead atoms. The van der Waals surface area contributed by atoms with Gasteiger partial charge in [-0.25, -0.2) is 4.98 Å². The summed E-state index contributed by atoms with van der Waals surface area (Å²) in [6.45, 7) is 8.27. The summed E-state index contributed by atoms with van der Waals surface area (Å²) < 4.78 is 0. The molecular formula is C14H18Cl2N2. The van der Waals surface area contributed by atoms with E-state index >= 15 is 0 Å². The molecule has 4 heteroatoms. The summed E-state index contributed by atoms with van der Waals surface area (Å²) in [6.07, 6.45) is 1.85. The zero-order chi connectivity index (χ0) is 13.9. The fraction of sp³-hybridized carbons (Fsp3) is 0.571. The van der Waals surface area contributed by atoms with Gasteiger partial charge in [-0.05, 0) is 30.2 Å². The summed E-state index contributed by atoms with van der Waals surface area (Å²) in [5.41, 5.74) is 2.07. The number of pyridine rings is 1. The molecule has 0 radical (unpaired) electrons. The highest BCUT2D eigenvalue weighted by Crippen LogP contribution is 2.37. The molecule has 0 aromatic carbocycles. The van der Waals surface area contributed by atoms with Crippen molar-refractivity contribution in [3.05, 3.63) is 27.0 Å². The van der Waals surface area contributed by atoms with Crippen LogP contribution in [-0.4, -0.2) is 4.98 Å². The number of rotatable bonds is 4. The molecule has 18 heavy (non-hydrogen) atoms. The van der Waals surface area contributed by atoms with Crippen LogP contribution in [0.5, 0.6) is 0 Å². The maximum Gasteiger partial charge on any atom is 0.147 e. The Hall–Kier alpha value is -0.780. The number of hydrogen-bond donors (Lipinski definition) is 0. The Morgan fingerprint density at radius 1 is 1.17 bits per heavy atom. The number of hydrogen-bond acceptors (Lipinski definition) is 2. The van der Waals surface area contributed by atoms with Crippen LogP contribution in [0.25, 0.3) is 0 Å². The van der Waals surface area contributed by atoms with E-state index in [0.717, 1.165) is 24.1 Å². The van der Waals surface area contributed by atoms with Crippen LogP contribution in [0.2, 0.25) is 10.2 Å². The van der Waals surface area contributed by atoms with Gasteiger partial charge in [0.2, 0.25) is 0 Å². The second-order valence-electron chi connectivity index (χ2n) is 4.62. The molecule has 2 atom stereocenters. The van der Waals surface area contributed by atoms with Gasteiger partial charge >= 0.3 is 0 Å². The highest BCUT2D eigenvalue weighted by molar-refractivity contribution is 6.34. The summed E-state index contributed by atoms with van der Waals surface area (Å²) in [5.74, 6) is 0.445. The highest BCUT2D eigenvalue weighted by atomic mass is 35.5. The molecule has 1 rings (SSSR count). The van der Waals surface area contributed by atoms with Crippen LogP contribution in [0, 0.1) is 11.3 Å². The summed E-state index contributed by atoms with van der Waals surface area (Å²) in [5, 5.41) is 10.1. The molecule has 98 valence electrons. The summed E-state index contributed by atoms with van der Waals surface area (Å²) in [4.78, 5) is 4.30. The van der Waals surface area contributed by atoms with Crippen molar-refractivity contribution in [3.63, 3.8) is 0 Å². The minimum absolute atomic E-state index is 0.204. The third kappa shape index (κ3) is 2.79. The monoisotopic (exact) mass is 284 g/mol. The molecule has 1 aromatic rings. The zero-order valence-corrected chi connectivity index (χ0v) is 12.7. The second-order valence-corrected chi connectivity index (χ2v) is 5.36. The number of nitriles is 1. The second kappa shape index (κ2) is 6.41. The largest absolute Gasteiger partial charge is 0.238 e. The van der Waals surface area contributed by atoms with Gasteiger partial charge in [-0.15, -0.1) is 0 Å². The van der Waals surface area contributed by atoms with Crippen LogP contribution in [0.15, 0.2) is 0 Å². The first-order valence-electron chi connectivity index (χ1n) is 6.26. The van der Waals surface area contributed by atoms with Crippen LogP contribution in [0.3, 0.4) is 0 Å². The molecule has 0 spiro atoms. The van der Waals surface area contributed by atoms with Gasteiger partial charge in [-0.2, -0.15) is 5.26 Å². The summed E-state index contributed by atoms with van der Waals surface area (Å²) in [7, 11) is 0. The average Bonchev–Trinajstić information content (AvgIpc) is 2.38. The van der Waals surface area contributed by atoms with E-state index in [-0.39, 0.29) is 17.0 Å². The van der Waals surface area contributed by atoms with Gasteiger partial charge in [-0.3, -0.25) is 0 Å². The molecule has 0 amide bonds. The van der Waals surface area contributed by atoms with Crippen molar-refractivity contribution in [2.24, 2.45) is 0 Å². The van der Waals surface area contributed by atoms with E-state index in [0.29, 0.717) is 10.6 Å². The lowest BCUT2D eigenvalue weighted by Gasteiger charge is -2.19. The van der Waals surface area contributed by atoms with E-state index in [1.807, 2.05) is 0 Å². The van der Waals surface area contributed by atoms with Crippen molar-refractivity contribution < 1.29 is 0 Å². The summed E-state index contributed by atoms with van der Waals surface area (Å²) in [6, 6.07) is 2.13. The SMILES string of the molecule is CCC(C)c1nc(Cl)c(C#N)c(C(C)CC)c1Cl. The molecular weight excluding hydrogens is 267 g/mol. The Morgan fingerprint density at radius 2 is 1.72 bits per heavy atom. The molecule has 0 aliphatic carbocycles. The molecule has 0 saturated carbocycles. The molecule has 1 heterocycles. The van der Waals surface area contributed by atoms with Crippen molar-refractivity contribution in [1.29, 1.82) is 5.26 Å². The van der Waals surface area contributed by atoms with Crippen molar-refractivity contribution in [2.45, 2.75) is 52.4 Å². The maximum atomic E-state index is 9.22. The van der Waals surface area contributed by atoms with Crippen LogP contribution < -0.4 is 0 Å². The lowest BCUT2D eigenvalue weighted by atomic mass is 9.92. The number of nitrogens with zero attached hydrogens (tertiary/aromatic N) is 2. The Balaban J connectivity index is 3.55. The molecule has 0 N–H and O–H groups in total. The normalized spacial score (nSPS) is 14.1. The fourth-order valence-electron chi connectivity index (χ4n) is 1.86. The van der Waals surface area contributed by atoms with E-state index in [1.165, 1.54) is 0 Å². The Kier molecular flexibility index (Phi) is 5.44. The average molecular weight is 285 g/mol. The van der Waals surface area contributed by atoms with Crippen LogP contribution in [0.1, 0.15) is 69.2 Å². The van der Waals surface area contributed by atoms with Gasteiger partial charge in [0, 0.05) is 0 Å². The molecule has 2 nitrogen and oxygen atoms in total. The third-order valence-corrected chi connectivity index (χ3v) is 4.12. The minimum Gasteiger partial charge on any atom is -0.238 e. The number of halogens is 2. The van der Waals surface area contributed by atoms with E-state index in [1.54, 1.807) is 0 Å². The van der Waals surface area contributed by atoms with Gasteiger partial charge < -0.3 is 0 Å². The smallest absolute Gasteiger partial charge is 0.147 e. The van der Waals surface area contributed by atoms with Crippen molar-refractivity contribution >= 4 is 23.2 Å². The maximum absolute atomic E-state index is 9.22. The van der Waals surface area contributed by atoms with Crippen LogP contribution >= 0.6 is 23.2 Å². The molecule has 2 unspecified atom stereocenters. The Bertz CT molecular complexity index is 478. The fourth-order valence-corrected chi connectivity index (χ4v) is 2.61. The van der Waals surface area contributed by atoms with E-state index in [4.69, 9.17) is 23.2 Å². The van der Waals surface area contributed by atoms with E-state index in [2.05, 4.69) is 38.7 Å². The standard InChI is InChI=1S/C14H18Cl2N2/c1-5-8(3)11-10(7-17)14(16)18-13(12(11)15)9(4)6-2/h8-9H,5-6H2,1-4H3. The van der Waals surface area contributed by atoms with Gasteiger partial charge in [0.05, 0.1) is 16.3 Å². The van der Waals surface area contributed by atoms with E-state index in [9.17, 15) is 5.26 Å². The van der Waals surface area contributed by atoms with Crippen molar-refractivity contribution in [1.82, 2.24) is 4.98 Å². The zero-order valence-electron chi connectivity index (χ0n) is 11.2. The van der Waals surface area contributed by atoms with Gasteiger partial charge in [0.25, 0.3) is 0 Å². The van der Waals surface area contributed by atoms with Gasteiger partial charge in [0.15, 0.2) is 0 Å². The van der Waals surface area contributed by atoms with Crippen molar-refractivity contribution in [2.75, 3.05) is 0 Å². The van der Waals surface area contributed by atoms with Gasteiger partial charge in [0.1, 0.15) is 11.2 Å². The first kappa shape index (κ1) is 15.3. The lowest BCUT2D eigenvalue weighted by Crippen LogP contribution is -2.06. The van der Waals surface area contributed by atoms with Crippen molar-refractivity contribution in [3.8, 4) is 6.07 Å². The predicted octanol–water partition coefficient (Wildman–Crippen LogP) is 5.29. The first-order valence-corrected chi connectivity index (χ1v) is 7.02. The molecule has 0 saturated heterocycles. The van der Waals surface area contributed by atoms with E-state index < -0.39 is 0 Å². The molecule has 0 aliphatic heterocycles. The molecule has 1 aromatic heterocycles. The molecule has 0 aliphatic rings. The predicted molar refractivity (Wildman–Crippen MR) is 76.4 cm³/mol. The third-order valence-electron chi connectivity index (χ3n) is 3.45. The number of aromatic nitrogens is 1. The Labute approximate surface area is 119 Å². The topological polar surface area (TPSA) is 36.7 Å². The minimum atomic E-state index is 0.204. The quantitative estimate of drug-likeness (QED) is 0.705. The first-order chi connectivity index (χ1) is 8.47. The van der Waals surface area contributed by atoms with Crippen LogP contribution in [-0.2, 0) is 0 Å². The Morgan fingerprint density at radius 3 is 2.17 bits per heavy atom. The lowest BCUT2D eigenvalue weighted by molar-refractivity contribution is 0.690. The van der Waals surface area contributed by atoms with Crippen LogP contribution in [0.4, 0.5) is 0 Å². The molecule has 0 fully saturated rings.